The lowest BCUT2D eigenvalue weighted by Crippen LogP contribution is -2.34. The highest BCUT2D eigenvalue weighted by Gasteiger charge is 2.17. The average molecular weight is 400 g/mol. The number of carbonyl (C=O) groups is 2. The molecule has 2 amide bonds. The first-order valence-corrected chi connectivity index (χ1v) is 8.75. The standard InChI is InChI=1S/C18H17Cl3N2O2/c1-12(24)23(16-8-4-7-15(20)18(16)21)10-9-17(25)22-11-13-5-2-3-6-14(13)19/h2-8H,9-11H2,1H3,(H,22,25). The second-order valence-electron chi connectivity index (χ2n) is 5.36. The van der Waals surface area contributed by atoms with Gasteiger partial charge >= 0.3 is 0 Å². The Hall–Kier alpha value is -1.75. The molecule has 0 aliphatic carbocycles. The highest BCUT2D eigenvalue weighted by molar-refractivity contribution is 6.44. The molecule has 0 fully saturated rings. The van der Waals surface area contributed by atoms with Crippen molar-refractivity contribution in [1.29, 1.82) is 0 Å². The Bertz CT molecular complexity index is 781. The molecule has 2 rings (SSSR count). The Morgan fingerprint density at radius 1 is 1.00 bits per heavy atom. The molecule has 25 heavy (non-hydrogen) atoms. The minimum absolute atomic E-state index is 0.132. The molecule has 0 saturated heterocycles. The first-order chi connectivity index (χ1) is 11.9. The summed E-state index contributed by atoms with van der Waals surface area (Å²) in [6, 6.07) is 12.3. The van der Waals surface area contributed by atoms with Crippen LogP contribution in [0.4, 0.5) is 5.69 Å². The fraction of sp³-hybridized carbons (Fsp3) is 0.222. The summed E-state index contributed by atoms with van der Waals surface area (Å²) < 4.78 is 0. The van der Waals surface area contributed by atoms with E-state index in [0.717, 1.165) is 5.56 Å². The molecule has 0 bridgehead atoms. The van der Waals surface area contributed by atoms with Crippen LogP contribution in [-0.2, 0) is 16.1 Å². The van der Waals surface area contributed by atoms with Crippen molar-refractivity contribution < 1.29 is 9.59 Å². The molecule has 0 aliphatic rings. The number of anilines is 1. The van der Waals surface area contributed by atoms with Crippen LogP contribution >= 0.6 is 34.8 Å². The normalized spacial score (nSPS) is 10.4. The molecular weight excluding hydrogens is 383 g/mol. The van der Waals surface area contributed by atoms with E-state index in [9.17, 15) is 9.59 Å². The summed E-state index contributed by atoms with van der Waals surface area (Å²) in [7, 11) is 0. The summed E-state index contributed by atoms with van der Waals surface area (Å²) in [5, 5.41) is 4.03. The molecule has 1 N–H and O–H groups in total. The third kappa shape index (κ3) is 5.36. The second-order valence-corrected chi connectivity index (χ2v) is 6.55. The lowest BCUT2D eigenvalue weighted by Gasteiger charge is -2.22. The Balaban J connectivity index is 1.97. The smallest absolute Gasteiger partial charge is 0.223 e. The highest BCUT2D eigenvalue weighted by Crippen LogP contribution is 2.32. The van der Waals surface area contributed by atoms with Gasteiger partial charge in [0, 0.05) is 31.5 Å². The fourth-order valence-corrected chi connectivity index (χ4v) is 2.89. The maximum absolute atomic E-state index is 12.1. The van der Waals surface area contributed by atoms with Crippen molar-refractivity contribution in [3.8, 4) is 0 Å². The Morgan fingerprint density at radius 2 is 1.68 bits per heavy atom. The van der Waals surface area contributed by atoms with Crippen LogP contribution < -0.4 is 10.2 Å². The molecule has 0 saturated carbocycles. The van der Waals surface area contributed by atoms with E-state index in [0.29, 0.717) is 22.3 Å². The summed E-state index contributed by atoms with van der Waals surface area (Å²) in [4.78, 5) is 25.4. The third-order valence-corrected chi connectivity index (χ3v) is 4.78. The lowest BCUT2D eigenvalue weighted by atomic mass is 10.2. The summed E-state index contributed by atoms with van der Waals surface area (Å²) in [5.41, 5.74) is 1.32. The summed E-state index contributed by atoms with van der Waals surface area (Å²) in [6.45, 7) is 1.94. The monoisotopic (exact) mass is 398 g/mol. The van der Waals surface area contributed by atoms with Gasteiger partial charge in [0.25, 0.3) is 0 Å². The molecule has 0 spiro atoms. The number of nitrogens with zero attached hydrogens (tertiary/aromatic N) is 1. The van der Waals surface area contributed by atoms with Crippen LogP contribution in [0.1, 0.15) is 18.9 Å². The van der Waals surface area contributed by atoms with Crippen LogP contribution in [0.3, 0.4) is 0 Å². The van der Waals surface area contributed by atoms with Crippen molar-refractivity contribution in [1.82, 2.24) is 5.32 Å². The van der Waals surface area contributed by atoms with Gasteiger partial charge in [-0.25, -0.2) is 0 Å². The van der Waals surface area contributed by atoms with Gasteiger partial charge < -0.3 is 10.2 Å². The molecule has 0 aromatic heterocycles. The minimum atomic E-state index is -0.219. The molecule has 0 radical (unpaired) electrons. The van der Waals surface area contributed by atoms with Crippen molar-refractivity contribution in [2.75, 3.05) is 11.4 Å². The molecular formula is C18H17Cl3N2O2. The van der Waals surface area contributed by atoms with E-state index in [-0.39, 0.29) is 29.8 Å². The van der Waals surface area contributed by atoms with E-state index in [1.165, 1.54) is 11.8 Å². The Labute approximate surface area is 161 Å². The molecule has 132 valence electrons. The topological polar surface area (TPSA) is 49.4 Å². The minimum Gasteiger partial charge on any atom is -0.352 e. The maximum atomic E-state index is 12.1. The van der Waals surface area contributed by atoms with E-state index in [1.807, 2.05) is 18.2 Å². The van der Waals surface area contributed by atoms with Gasteiger partial charge in [0.05, 0.1) is 15.7 Å². The average Bonchev–Trinajstić information content (AvgIpc) is 2.57. The van der Waals surface area contributed by atoms with Gasteiger partial charge in [0.1, 0.15) is 0 Å². The zero-order valence-electron chi connectivity index (χ0n) is 13.6. The SMILES string of the molecule is CC(=O)N(CCC(=O)NCc1ccccc1Cl)c1cccc(Cl)c1Cl. The molecule has 2 aromatic carbocycles. The maximum Gasteiger partial charge on any atom is 0.223 e. The van der Waals surface area contributed by atoms with Gasteiger partial charge in [-0.05, 0) is 23.8 Å². The van der Waals surface area contributed by atoms with Crippen molar-refractivity contribution in [3.63, 3.8) is 0 Å². The zero-order chi connectivity index (χ0) is 18.4. The van der Waals surface area contributed by atoms with Crippen LogP contribution in [0.5, 0.6) is 0 Å². The predicted octanol–water partition coefficient (Wildman–Crippen LogP) is 4.71. The molecule has 2 aromatic rings. The van der Waals surface area contributed by atoms with Crippen molar-refractivity contribution >= 4 is 52.3 Å². The van der Waals surface area contributed by atoms with Gasteiger partial charge in [0.2, 0.25) is 11.8 Å². The summed E-state index contributed by atoms with van der Waals surface area (Å²) in [5.74, 6) is -0.410. The lowest BCUT2D eigenvalue weighted by molar-refractivity contribution is -0.121. The van der Waals surface area contributed by atoms with Crippen molar-refractivity contribution in [3.05, 3.63) is 63.1 Å². The van der Waals surface area contributed by atoms with Crippen LogP contribution in [0.25, 0.3) is 0 Å². The molecule has 0 atom stereocenters. The molecule has 7 heteroatoms. The van der Waals surface area contributed by atoms with E-state index in [2.05, 4.69) is 5.32 Å². The van der Waals surface area contributed by atoms with E-state index in [4.69, 9.17) is 34.8 Å². The number of halogens is 3. The van der Waals surface area contributed by atoms with Crippen LogP contribution in [0.2, 0.25) is 15.1 Å². The Kier molecular flexibility index (Phi) is 7.12. The van der Waals surface area contributed by atoms with Crippen molar-refractivity contribution in [2.45, 2.75) is 19.9 Å². The first kappa shape index (κ1) is 19.6. The number of benzene rings is 2. The van der Waals surface area contributed by atoms with Gasteiger partial charge in [-0.2, -0.15) is 0 Å². The van der Waals surface area contributed by atoms with Gasteiger partial charge in [-0.15, -0.1) is 0 Å². The Morgan fingerprint density at radius 3 is 2.36 bits per heavy atom. The molecule has 0 unspecified atom stereocenters. The van der Waals surface area contributed by atoms with Gasteiger partial charge in [0.15, 0.2) is 0 Å². The fourth-order valence-electron chi connectivity index (χ4n) is 2.29. The van der Waals surface area contributed by atoms with Crippen LogP contribution in [-0.4, -0.2) is 18.4 Å². The number of nitrogens with one attached hydrogen (secondary N) is 1. The third-order valence-electron chi connectivity index (χ3n) is 3.60. The number of hydrogen-bond donors (Lipinski definition) is 1. The largest absolute Gasteiger partial charge is 0.352 e. The molecule has 0 heterocycles. The summed E-state index contributed by atoms with van der Waals surface area (Å²) >= 11 is 18.2. The second kappa shape index (κ2) is 9.09. The van der Waals surface area contributed by atoms with Crippen molar-refractivity contribution in [2.24, 2.45) is 0 Å². The number of rotatable bonds is 6. The number of amides is 2. The van der Waals surface area contributed by atoms with Gasteiger partial charge in [-0.3, -0.25) is 9.59 Å². The molecule has 0 aliphatic heterocycles. The van der Waals surface area contributed by atoms with E-state index < -0.39 is 0 Å². The number of carbonyl (C=O) groups excluding carboxylic acids is 2. The quantitative estimate of drug-likeness (QED) is 0.765. The predicted molar refractivity (Wildman–Crippen MR) is 102 cm³/mol. The zero-order valence-corrected chi connectivity index (χ0v) is 15.8. The first-order valence-electron chi connectivity index (χ1n) is 7.62. The van der Waals surface area contributed by atoms with Crippen LogP contribution in [0, 0.1) is 0 Å². The summed E-state index contributed by atoms with van der Waals surface area (Å²) in [6.07, 6.45) is 0.132. The highest BCUT2D eigenvalue weighted by atomic mass is 35.5. The molecule has 4 nitrogen and oxygen atoms in total. The van der Waals surface area contributed by atoms with E-state index in [1.54, 1.807) is 24.3 Å². The van der Waals surface area contributed by atoms with Gasteiger partial charge in [-0.1, -0.05) is 59.1 Å². The van der Waals surface area contributed by atoms with Crippen LogP contribution in [0.15, 0.2) is 42.5 Å². The number of hydrogen-bond acceptors (Lipinski definition) is 2. The van der Waals surface area contributed by atoms with E-state index >= 15 is 0 Å².